The molecular weight excluding hydrogens is 276 g/mol. The number of ether oxygens (including phenoxy) is 1. The number of aliphatic carboxylic acids is 1. The third kappa shape index (κ3) is 3.63. The summed E-state index contributed by atoms with van der Waals surface area (Å²) in [5.74, 6) is -0.553. The van der Waals surface area contributed by atoms with Crippen molar-refractivity contribution >= 4 is 12.0 Å². The fourth-order valence-corrected chi connectivity index (χ4v) is 2.11. The lowest BCUT2D eigenvalue weighted by Crippen LogP contribution is -2.52. The summed E-state index contributed by atoms with van der Waals surface area (Å²) in [6.07, 6.45) is -1.18. The molecule has 21 heavy (non-hydrogen) atoms. The smallest absolute Gasteiger partial charge is 0.328 e. The quantitative estimate of drug-likeness (QED) is 0.750. The number of rotatable bonds is 3. The molecule has 2 atom stereocenters. The van der Waals surface area contributed by atoms with Crippen LogP contribution in [0.2, 0.25) is 0 Å². The fraction of sp³-hybridized carbons (Fsp3) is 0.429. The number of aliphatic hydroxyl groups excluding tert-OH is 1. The number of benzene rings is 1. The molecule has 0 aliphatic carbocycles. The first-order valence-corrected chi connectivity index (χ1v) is 6.66. The Bertz CT molecular complexity index is 532. The molecule has 0 aromatic heterocycles. The number of hydrogen-bond acceptors (Lipinski definition) is 4. The van der Waals surface area contributed by atoms with E-state index in [1.54, 1.807) is 0 Å². The maximum atomic E-state index is 12.2. The molecule has 2 rings (SSSR count). The zero-order valence-electron chi connectivity index (χ0n) is 11.7. The number of amides is 2. The number of nitrogens with one attached hydrogen (secondary N) is 1. The van der Waals surface area contributed by atoms with E-state index in [2.05, 4.69) is 5.32 Å². The summed E-state index contributed by atoms with van der Waals surface area (Å²) in [6.45, 7) is 2.32. The second kappa shape index (κ2) is 6.45. The molecule has 0 fully saturated rings. The van der Waals surface area contributed by atoms with Crippen LogP contribution in [0.3, 0.4) is 0 Å². The van der Waals surface area contributed by atoms with Crippen molar-refractivity contribution in [3.05, 3.63) is 29.8 Å². The number of carbonyl (C=O) groups is 2. The van der Waals surface area contributed by atoms with Crippen molar-refractivity contribution in [3.8, 4) is 5.75 Å². The van der Waals surface area contributed by atoms with Gasteiger partial charge >= 0.3 is 12.0 Å². The Morgan fingerprint density at radius 3 is 2.76 bits per heavy atom. The first-order chi connectivity index (χ1) is 9.99. The molecule has 0 saturated heterocycles. The third-order valence-electron chi connectivity index (χ3n) is 3.27. The van der Waals surface area contributed by atoms with Gasteiger partial charge in [0.1, 0.15) is 12.4 Å². The van der Waals surface area contributed by atoms with Crippen molar-refractivity contribution in [1.29, 1.82) is 0 Å². The van der Waals surface area contributed by atoms with Crippen molar-refractivity contribution in [2.45, 2.75) is 25.6 Å². The number of carboxylic acid groups (broad SMARTS) is 1. The lowest BCUT2D eigenvalue weighted by molar-refractivity contribution is -0.141. The topological polar surface area (TPSA) is 99.1 Å². The number of aliphatic hydroxyl groups is 1. The lowest BCUT2D eigenvalue weighted by atomic mass is 10.2. The molecule has 0 spiro atoms. The largest absolute Gasteiger partial charge is 0.491 e. The van der Waals surface area contributed by atoms with Gasteiger partial charge in [0.05, 0.1) is 19.2 Å². The van der Waals surface area contributed by atoms with Crippen LogP contribution in [0.25, 0.3) is 0 Å². The molecule has 1 heterocycles. The highest BCUT2D eigenvalue weighted by Crippen LogP contribution is 2.22. The Kier molecular flexibility index (Phi) is 4.64. The van der Waals surface area contributed by atoms with Crippen LogP contribution in [0, 0.1) is 0 Å². The second-order valence-corrected chi connectivity index (χ2v) is 4.88. The molecule has 3 N–H and O–H groups in total. The lowest BCUT2D eigenvalue weighted by Gasteiger charge is -2.24. The Balaban J connectivity index is 2.08. The van der Waals surface area contributed by atoms with Gasteiger partial charge in [0.15, 0.2) is 6.04 Å². The zero-order chi connectivity index (χ0) is 15.4. The van der Waals surface area contributed by atoms with Gasteiger partial charge in [0.25, 0.3) is 0 Å². The maximum Gasteiger partial charge on any atom is 0.328 e. The van der Waals surface area contributed by atoms with Crippen LogP contribution in [0.4, 0.5) is 4.79 Å². The van der Waals surface area contributed by atoms with Crippen molar-refractivity contribution in [2.75, 3.05) is 13.2 Å². The number of urea groups is 1. The van der Waals surface area contributed by atoms with Crippen LogP contribution < -0.4 is 10.1 Å². The number of carbonyl (C=O) groups excluding carboxylic acids is 1. The van der Waals surface area contributed by atoms with E-state index < -0.39 is 24.1 Å². The predicted molar refractivity (Wildman–Crippen MR) is 74.0 cm³/mol. The molecule has 0 bridgehead atoms. The van der Waals surface area contributed by atoms with E-state index in [9.17, 15) is 14.7 Å². The summed E-state index contributed by atoms with van der Waals surface area (Å²) in [5, 5.41) is 20.7. The van der Waals surface area contributed by atoms with Crippen molar-refractivity contribution in [2.24, 2.45) is 0 Å². The van der Waals surface area contributed by atoms with Gasteiger partial charge in [-0.05, 0) is 13.0 Å². The van der Waals surface area contributed by atoms with E-state index in [0.29, 0.717) is 19.7 Å². The molecule has 1 aromatic carbocycles. The van der Waals surface area contributed by atoms with Crippen LogP contribution in [-0.2, 0) is 11.3 Å². The Morgan fingerprint density at radius 1 is 1.38 bits per heavy atom. The first kappa shape index (κ1) is 15.1. The van der Waals surface area contributed by atoms with E-state index in [4.69, 9.17) is 9.84 Å². The zero-order valence-corrected chi connectivity index (χ0v) is 11.7. The Labute approximate surface area is 122 Å². The molecule has 0 saturated carbocycles. The van der Waals surface area contributed by atoms with Gasteiger partial charge in [-0.15, -0.1) is 0 Å². The van der Waals surface area contributed by atoms with Crippen LogP contribution >= 0.6 is 0 Å². The van der Waals surface area contributed by atoms with E-state index in [1.807, 2.05) is 24.3 Å². The maximum absolute atomic E-state index is 12.2. The van der Waals surface area contributed by atoms with Gasteiger partial charge in [-0.1, -0.05) is 18.2 Å². The summed E-state index contributed by atoms with van der Waals surface area (Å²) >= 11 is 0. The molecule has 7 nitrogen and oxygen atoms in total. The number of fused-ring (bicyclic) bond motifs is 1. The van der Waals surface area contributed by atoms with Crippen LogP contribution in [-0.4, -0.2) is 52.4 Å². The standard InChI is InChI=1S/C14H18N2O5/c1-9(17)12(13(18)19)15-14(20)16-6-7-21-11-5-3-2-4-10(11)8-16/h2-5,9,12,17H,6-8H2,1H3,(H,15,20)(H,18,19)/t9-,12+/m1/s1. The second-order valence-electron chi connectivity index (χ2n) is 4.88. The van der Waals surface area contributed by atoms with Crippen LogP contribution in [0.5, 0.6) is 5.75 Å². The van der Waals surface area contributed by atoms with E-state index in [-0.39, 0.29) is 0 Å². The summed E-state index contributed by atoms with van der Waals surface area (Å²) in [4.78, 5) is 24.6. The fourth-order valence-electron chi connectivity index (χ4n) is 2.11. The number of hydrogen-bond donors (Lipinski definition) is 3. The van der Waals surface area contributed by atoms with E-state index in [0.717, 1.165) is 11.3 Å². The van der Waals surface area contributed by atoms with Gasteiger partial charge in [-0.2, -0.15) is 0 Å². The first-order valence-electron chi connectivity index (χ1n) is 6.66. The minimum absolute atomic E-state index is 0.328. The van der Waals surface area contributed by atoms with Crippen molar-refractivity contribution in [1.82, 2.24) is 10.2 Å². The molecule has 0 unspecified atom stereocenters. The molecule has 7 heteroatoms. The highest BCUT2D eigenvalue weighted by molar-refractivity contribution is 5.83. The van der Waals surface area contributed by atoms with Gasteiger partial charge < -0.3 is 25.2 Å². The molecule has 114 valence electrons. The van der Waals surface area contributed by atoms with Crippen LogP contribution in [0.1, 0.15) is 12.5 Å². The van der Waals surface area contributed by atoms with Crippen LogP contribution in [0.15, 0.2) is 24.3 Å². The minimum atomic E-state index is -1.34. The molecule has 2 amide bonds. The monoisotopic (exact) mass is 294 g/mol. The normalized spacial score (nSPS) is 17.0. The SMILES string of the molecule is C[C@@H](O)[C@H](NC(=O)N1CCOc2ccccc2C1)C(=O)O. The molecule has 1 aliphatic heterocycles. The summed E-state index contributed by atoms with van der Waals surface area (Å²) in [7, 11) is 0. The van der Waals surface area contributed by atoms with E-state index >= 15 is 0 Å². The van der Waals surface area contributed by atoms with E-state index in [1.165, 1.54) is 11.8 Å². The van der Waals surface area contributed by atoms with Gasteiger partial charge in [0, 0.05) is 5.56 Å². The van der Waals surface area contributed by atoms with Crippen molar-refractivity contribution in [3.63, 3.8) is 0 Å². The minimum Gasteiger partial charge on any atom is -0.491 e. The summed E-state index contributed by atoms with van der Waals surface area (Å²) < 4.78 is 5.54. The summed E-state index contributed by atoms with van der Waals surface area (Å²) in [5.41, 5.74) is 0.856. The average Bonchev–Trinajstić information content (AvgIpc) is 2.65. The third-order valence-corrected chi connectivity index (χ3v) is 3.27. The van der Waals surface area contributed by atoms with Gasteiger partial charge in [-0.25, -0.2) is 9.59 Å². The van der Waals surface area contributed by atoms with Gasteiger partial charge in [0.2, 0.25) is 0 Å². The molecule has 1 aromatic rings. The highest BCUT2D eigenvalue weighted by Gasteiger charge is 2.28. The number of para-hydroxylation sites is 1. The summed E-state index contributed by atoms with van der Waals surface area (Å²) in [6, 6.07) is 5.50. The van der Waals surface area contributed by atoms with Gasteiger partial charge in [-0.3, -0.25) is 0 Å². The van der Waals surface area contributed by atoms with Crippen molar-refractivity contribution < 1.29 is 24.5 Å². The molecule has 1 aliphatic rings. The average molecular weight is 294 g/mol. The number of nitrogens with zero attached hydrogens (tertiary/aromatic N) is 1. The predicted octanol–water partition coefficient (Wildman–Crippen LogP) is 0.425. The Morgan fingerprint density at radius 2 is 2.10 bits per heavy atom. The molecule has 0 radical (unpaired) electrons. The molecular formula is C14H18N2O5. The highest BCUT2D eigenvalue weighted by atomic mass is 16.5. The number of carboxylic acids is 1. The Hall–Kier alpha value is -2.28.